The van der Waals surface area contributed by atoms with Crippen LogP contribution < -0.4 is 24.0 Å². The molecule has 14 heteroatoms. The van der Waals surface area contributed by atoms with Gasteiger partial charge >= 0.3 is 0 Å². The zero-order valence-electron chi connectivity index (χ0n) is 31.6. The molecule has 58 heavy (non-hydrogen) atoms. The van der Waals surface area contributed by atoms with Gasteiger partial charge in [-0.15, -0.1) is 0 Å². The highest BCUT2D eigenvalue weighted by Gasteiger charge is 2.68. The maximum atomic E-state index is 14.8. The van der Waals surface area contributed by atoms with E-state index in [2.05, 4.69) is 31.9 Å². The van der Waals surface area contributed by atoms with Crippen molar-refractivity contribution in [2.45, 2.75) is 25.7 Å². The van der Waals surface area contributed by atoms with Crippen molar-refractivity contribution in [2.24, 2.45) is 29.1 Å². The Hall–Kier alpha value is -4.98. The number of hydrogen-bond acceptors (Lipinski definition) is 8. The Morgan fingerprint density at radius 2 is 1.52 bits per heavy atom. The number of anilines is 2. The molecule has 0 aromatic heterocycles. The van der Waals surface area contributed by atoms with Crippen molar-refractivity contribution in [1.29, 1.82) is 0 Å². The number of carbonyl (C=O) groups is 4. The number of amides is 4. The number of benzene rings is 4. The van der Waals surface area contributed by atoms with E-state index < -0.39 is 52.6 Å². The summed E-state index contributed by atoms with van der Waals surface area (Å²) in [7, 11) is 4.58. The number of hydrogen-bond donors (Lipinski definition) is 1. The van der Waals surface area contributed by atoms with E-state index in [1.165, 1.54) is 24.1 Å². The van der Waals surface area contributed by atoms with Gasteiger partial charge in [-0.1, -0.05) is 47.5 Å². The summed E-state index contributed by atoms with van der Waals surface area (Å²) in [5, 5.41) is 10.6. The molecule has 3 fully saturated rings. The number of rotatable bonds is 8. The zero-order chi connectivity index (χ0) is 41.4. The van der Waals surface area contributed by atoms with E-state index in [1.54, 1.807) is 39.3 Å². The van der Waals surface area contributed by atoms with Crippen molar-refractivity contribution in [3.63, 3.8) is 0 Å². The number of fused-ring (bicyclic) bond motifs is 4. The monoisotopic (exact) mass is 932 g/mol. The number of phenols is 1. The molecule has 2 aliphatic carbocycles. The number of nitrogens with zero attached hydrogens (tertiary/aromatic N) is 2. The second-order valence-electron chi connectivity index (χ2n) is 14.9. The van der Waals surface area contributed by atoms with Crippen molar-refractivity contribution in [3.05, 3.63) is 115 Å². The Morgan fingerprint density at radius 1 is 0.810 bits per heavy atom. The first kappa shape index (κ1) is 39.8. The van der Waals surface area contributed by atoms with E-state index in [1.807, 2.05) is 48.6 Å². The molecule has 10 nitrogen and oxygen atoms in total. The molecule has 1 saturated carbocycles. The summed E-state index contributed by atoms with van der Waals surface area (Å²) < 4.78 is 31.4. The number of carbonyl (C=O) groups excluding carboxylic acids is 4. The minimum absolute atomic E-state index is 0.105. The van der Waals surface area contributed by atoms with Crippen LogP contribution in [0.15, 0.2) is 87.3 Å². The Kier molecular flexibility index (Phi) is 10.3. The normalized spacial score (nSPS) is 25.2. The number of ether oxygens (including phenoxy) is 3. The lowest BCUT2D eigenvalue weighted by Gasteiger charge is -2.49. The SMILES string of the molecule is COc1ccc(OC)c(C=Cc2ccc(N3C(=O)[C@H]4[C@H](CC=C5[C@H]4C[C@H]4C(=O)N(c6ccc(F)c(Cl)c6)C(=O)[C@@]4(C)[C@H]5c4cc(OC)c(O)c(Br)c4Br)C3=O)cc2)c1. The second kappa shape index (κ2) is 15.0. The highest BCUT2D eigenvalue weighted by molar-refractivity contribution is 9.13. The first-order valence-electron chi connectivity index (χ1n) is 18.4. The van der Waals surface area contributed by atoms with Crippen LogP contribution in [0, 0.1) is 34.9 Å². The molecular weight excluding hydrogens is 899 g/mol. The molecular formula is C44H36Br2ClFN2O8. The van der Waals surface area contributed by atoms with E-state index in [-0.39, 0.29) is 51.3 Å². The molecule has 2 aliphatic heterocycles. The summed E-state index contributed by atoms with van der Waals surface area (Å²) in [5.74, 6) is -5.08. The van der Waals surface area contributed by atoms with Gasteiger partial charge in [0, 0.05) is 16.0 Å². The molecule has 0 radical (unpaired) electrons. The number of methoxy groups -OCH3 is 3. The largest absolute Gasteiger partial charge is 0.503 e. The maximum absolute atomic E-state index is 14.8. The highest BCUT2D eigenvalue weighted by Crippen LogP contribution is 2.65. The molecule has 0 unspecified atom stereocenters. The molecule has 4 aromatic rings. The fourth-order valence-electron chi connectivity index (χ4n) is 9.35. The molecule has 6 atom stereocenters. The van der Waals surface area contributed by atoms with Gasteiger partial charge < -0.3 is 19.3 Å². The molecule has 8 rings (SSSR count). The Bertz CT molecular complexity index is 2490. The van der Waals surface area contributed by atoms with Gasteiger partial charge in [0.25, 0.3) is 0 Å². The lowest BCUT2D eigenvalue weighted by molar-refractivity contribution is -0.131. The molecule has 298 valence electrons. The van der Waals surface area contributed by atoms with Crippen molar-refractivity contribution in [1.82, 2.24) is 0 Å². The van der Waals surface area contributed by atoms with E-state index in [4.69, 9.17) is 25.8 Å². The van der Waals surface area contributed by atoms with E-state index in [0.717, 1.165) is 27.7 Å². The standard InChI is InChI=1S/C44H36Br2ClFN2O8/c1-44-30(41(53)50(43(44)55)24-11-15-32(48)31(47)18-24)19-28-26(36(44)29-20-34(58-4)39(51)38(46)37(29)45)13-14-27-35(28)42(54)49(40(27)52)23-9-6-21(7-10-23)5-8-22-17-25(56-2)12-16-33(22)57-3/h5-13,15-18,20,27-28,30,35-36,51H,14,19H2,1-4H3/t27-,28+,30-,35-,36+,44+/m0/s1. The fourth-order valence-corrected chi connectivity index (χ4v) is 10.5. The van der Waals surface area contributed by atoms with Gasteiger partial charge in [0.15, 0.2) is 11.5 Å². The van der Waals surface area contributed by atoms with Crippen LogP contribution >= 0.6 is 43.5 Å². The van der Waals surface area contributed by atoms with Crippen molar-refractivity contribution < 1.29 is 42.9 Å². The molecule has 4 aromatic carbocycles. The van der Waals surface area contributed by atoms with E-state index in [0.29, 0.717) is 27.2 Å². The summed E-state index contributed by atoms with van der Waals surface area (Å²) in [6.45, 7) is 1.73. The van der Waals surface area contributed by atoms with Crippen LogP contribution in [-0.4, -0.2) is 50.1 Å². The molecule has 4 amide bonds. The van der Waals surface area contributed by atoms with E-state index in [9.17, 15) is 28.7 Å². The van der Waals surface area contributed by atoms with Gasteiger partial charge in [-0.05, 0) is 123 Å². The summed E-state index contributed by atoms with van der Waals surface area (Å²) >= 11 is 13.2. The highest BCUT2D eigenvalue weighted by atomic mass is 79.9. The number of allylic oxidation sites excluding steroid dienone is 2. The second-order valence-corrected chi connectivity index (χ2v) is 16.9. The lowest BCUT2D eigenvalue weighted by atomic mass is 9.51. The molecule has 0 bridgehead atoms. The fraction of sp³-hybridized carbons (Fsp3) is 0.273. The minimum atomic E-state index is -1.42. The van der Waals surface area contributed by atoms with Crippen LogP contribution in [0.1, 0.15) is 42.4 Å². The number of aromatic hydroxyl groups is 1. The van der Waals surface area contributed by atoms with Gasteiger partial charge in [0.1, 0.15) is 17.3 Å². The van der Waals surface area contributed by atoms with E-state index >= 15 is 0 Å². The smallest absolute Gasteiger partial charge is 0.241 e. The van der Waals surface area contributed by atoms with Gasteiger partial charge in [0.05, 0.1) is 65.4 Å². The van der Waals surface area contributed by atoms with Crippen LogP contribution in [0.3, 0.4) is 0 Å². The average Bonchev–Trinajstić information content (AvgIpc) is 3.59. The number of halogens is 4. The van der Waals surface area contributed by atoms with Crippen LogP contribution in [0.5, 0.6) is 23.0 Å². The number of phenolic OH excluding ortho intramolecular Hbond substituents is 1. The summed E-state index contributed by atoms with van der Waals surface area (Å²) in [6, 6.07) is 17.9. The van der Waals surface area contributed by atoms with Crippen molar-refractivity contribution in [3.8, 4) is 23.0 Å². The summed E-state index contributed by atoms with van der Waals surface area (Å²) in [6.07, 6.45) is 6.04. The molecule has 4 aliphatic rings. The zero-order valence-corrected chi connectivity index (χ0v) is 35.5. The van der Waals surface area contributed by atoms with Crippen molar-refractivity contribution >= 4 is 90.6 Å². The molecule has 0 spiro atoms. The third-order valence-electron chi connectivity index (χ3n) is 12.2. The third-order valence-corrected chi connectivity index (χ3v) is 14.6. The lowest BCUT2D eigenvalue weighted by Crippen LogP contribution is -2.49. The van der Waals surface area contributed by atoms with Crippen LogP contribution in [-0.2, 0) is 19.2 Å². The number of imide groups is 2. The van der Waals surface area contributed by atoms with Gasteiger partial charge in [-0.2, -0.15) is 0 Å². The van der Waals surface area contributed by atoms with Crippen LogP contribution in [0.25, 0.3) is 12.2 Å². The Morgan fingerprint density at radius 3 is 2.19 bits per heavy atom. The van der Waals surface area contributed by atoms with Gasteiger partial charge in [-0.25, -0.2) is 9.29 Å². The maximum Gasteiger partial charge on any atom is 0.241 e. The first-order chi connectivity index (χ1) is 27.7. The molecule has 2 heterocycles. The summed E-state index contributed by atoms with van der Waals surface area (Å²) in [4.78, 5) is 60.6. The predicted molar refractivity (Wildman–Crippen MR) is 223 cm³/mol. The minimum Gasteiger partial charge on any atom is -0.503 e. The molecule has 1 N–H and O–H groups in total. The van der Waals surface area contributed by atoms with Crippen molar-refractivity contribution in [2.75, 3.05) is 31.1 Å². The predicted octanol–water partition coefficient (Wildman–Crippen LogP) is 9.34. The quantitative estimate of drug-likeness (QED) is 0.105. The third kappa shape index (κ3) is 6.07. The van der Waals surface area contributed by atoms with Gasteiger partial charge in [-0.3, -0.25) is 24.1 Å². The van der Waals surface area contributed by atoms with Gasteiger partial charge in [0.2, 0.25) is 23.6 Å². The van der Waals surface area contributed by atoms with Crippen LogP contribution in [0.4, 0.5) is 15.8 Å². The Labute approximate surface area is 355 Å². The molecule has 2 saturated heterocycles. The average molecular weight is 935 g/mol. The summed E-state index contributed by atoms with van der Waals surface area (Å²) in [5.41, 5.74) is 2.02. The van der Waals surface area contributed by atoms with Crippen LogP contribution in [0.2, 0.25) is 5.02 Å². The topological polar surface area (TPSA) is 123 Å². The first-order valence-corrected chi connectivity index (χ1v) is 20.4. The Balaban J connectivity index is 1.17.